The van der Waals surface area contributed by atoms with Gasteiger partial charge in [-0.3, -0.25) is 0 Å². The van der Waals surface area contributed by atoms with Crippen LogP contribution >= 0.6 is 0 Å². The van der Waals surface area contributed by atoms with Gasteiger partial charge in [-0.15, -0.1) is 0 Å². The van der Waals surface area contributed by atoms with Crippen LogP contribution in [0.1, 0.15) is 0 Å². The minimum absolute atomic E-state index is 0. The van der Waals surface area contributed by atoms with Crippen molar-refractivity contribution in [3.8, 4) is 0 Å². The minimum atomic E-state index is -5.62. The van der Waals surface area contributed by atoms with Gasteiger partial charge in [-0.05, 0) is 0 Å². The van der Waals surface area contributed by atoms with Gasteiger partial charge in [0.05, 0.1) is 5.09 Å². The van der Waals surface area contributed by atoms with E-state index in [0.717, 1.165) is 0 Å². The van der Waals surface area contributed by atoms with Gasteiger partial charge < -0.3 is 20.8 Å². The average Bonchev–Trinajstić information content (AvgIpc) is 1.19. The fourth-order valence-electron chi connectivity index (χ4n) is 0. The number of hydrogen-bond donors (Lipinski definition) is 0. The molecule has 0 saturated heterocycles. The molecule has 0 rings (SSSR count). The van der Waals surface area contributed by atoms with Gasteiger partial charge in [0, 0.05) is 0 Å². The molecule has 0 aliphatic carbocycles. The fraction of sp³-hybridized carbons (Fsp3) is 0. The summed E-state index contributed by atoms with van der Waals surface area (Å²) in [5, 5.41) is 14.8. The van der Waals surface area contributed by atoms with Crippen molar-refractivity contribution in [2.45, 2.75) is 0 Å². The van der Waals surface area contributed by atoms with E-state index in [4.69, 9.17) is 31.0 Å². The van der Waals surface area contributed by atoms with Crippen LogP contribution in [0.25, 0.3) is 0 Å². The Morgan fingerprint density at radius 1 is 1.00 bits per heavy atom. The predicted molar refractivity (Wildman–Crippen MR) is 14.4 cm³/mol. The Kier molecular flexibility index (Phi) is 57.2. The van der Waals surface area contributed by atoms with Crippen LogP contribution in [0.5, 0.6) is 0 Å². The third-order valence-electron chi connectivity index (χ3n) is 0. The molecule has 0 radical (unpaired) electrons. The molecule has 64 valence electrons. The van der Waals surface area contributed by atoms with E-state index >= 15 is 0 Å². The molecule has 0 aromatic heterocycles. The van der Waals surface area contributed by atoms with E-state index in [0.29, 0.717) is 0 Å². The molecule has 0 unspecified atom stereocenters. The Hall–Kier alpha value is 3.31. The zero-order valence-corrected chi connectivity index (χ0v) is 16.6. The second kappa shape index (κ2) is 20.7. The summed E-state index contributed by atoms with van der Waals surface area (Å²) < 4.78 is 34.3. The van der Waals surface area contributed by atoms with Crippen molar-refractivity contribution in [1.82, 2.24) is 0 Å². The molecule has 0 amide bonds. The molecule has 1 N–H and O–H groups in total. The number of nitrogens with zero attached hydrogens (tertiary/aromatic N) is 1. The third-order valence-corrected chi connectivity index (χ3v) is 0. The van der Waals surface area contributed by atoms with Crippen molar-refractivity contribution in [3.63, 3.8) is 0 Å². The van der Waals surface area contributed by atoms with Gasteiger partial charge in [0.25, 0.3) is 0 Å². The van der Waals surface area contributed by atoms with Crippen molar-refractivity contribution < 1.29 is 172 Å². The van der Waals surface area contributed by atoms with Crippen LogP contribution in [-0.4, -0.2) is 10.6 Å². The summed E-state index contributed by atoms with van der Waals surface area (Å²) in [6.45, 7) is 0. The normalized spacial score (nSPS) is 6.23. The van der Waals surface area contributed by atoms with Crippen LogP contribution < -0.4 is 137 Å². The van der Waals surface area contributed by atoms with Crippen LogP contribution in [0.2, 0.25) is 0 Å². The Bertz CT molecular complexity index is 208. The molecule has 0 fully saturated rings. The van der Waals surface area contributed by atoms with Crippen LogP contribution in [-0.2, 0) is 24.5 Å². The zero-order chi connectivity index (χ0) is 8.08. The standard InChI is InChI=1S/2K.Mn.NO3.Na.H2O.4O/c;;;2-1(3)4;;;;;;/h;;;;;1H2;;;;/q2*+1;;-1;+1;;;;;-1/p-1. The van der Waals surface area contributed by atoms with Crippen LogP contribution in [0.4, 0.5) is 0 Å². The topological polar surface area (TPSA) is 170 Å². The Morgan fingerprint density at radius 3 is 1.00 bits per heavy atom. The Morgan fingerprint density at radius 2 is 1.00 bits per heavy atom. The second-order valence-electron chi connectivity index (χ2n) is 0.602. The molecule has 0 aliphatic rings. The van der Waals surface area contributed by atoms with Crippen molar-refractivity contribution in [2.24, 2.45) is 0 Å². The predicted octanol–water partition coefficient (Wildman–Crippen LogP) is -11.0. The molecule has 13 heavy (non-hydrogen) atoms. The Labute approximate surface area is 182 Å². The first-order chi connectivity index (χ1) is 3.73. The molecule has 0 aliphatic heterocycles. The summed E-state index contributed by atoms with van der Waals surface area (Å²) in [5.74, 6) is 0. The van der Waals surface area contributed by atoms with Crippen LogP contribution in [0.15, 0.2) is 0 Å². The van der Waals surface area contributed by atoms with Crippen LogP contribution in [0.3, 0.4) is 0 Å². The molecule has 0 spiro atoms. The van der Waals surface area contributed by atoms with Gasteiger partial charge in [0.2, 0.25) is 0 Å². The molecule has 13 heteroatoms. The van der Waals surface area contributed by atoms with E-state index in [9.17, 15) is 0 Å². The van der Waals surface area contributed by atoms with Gasteiger partial charge >= 0.3 is 161 Å². The van der Waals surface area contributed by atoms with E-state index < -0.39 is 18.1 Å². The summed E-state index contributed by atoms with van der Waals surface area (Å²) in [6, 6.07) is 0. The van der Waals surface area contributed by atoms with Gasteiger partial charge in [0.15, 0.2) is 0 Å². The summed E-state index contributed by atoms with van der Waals surface area (Å²) >= 11 is -5.62. The van der Waals surface area contributed by atoms with Gasteiger partial charge in [-0.1, -0.05) is 0 Å². The van der Waals surface area contributed by atoms with Crippen molar-refractivity contribution in [1.29, 1.82) is 0 Å². The maximum absolute atomic E-state index is 8.58. The maximum atomic E-state index is 8.58. The molecule has 0 aromatic carbocycles. The van der Waals surface area contributed by atoms with Gasteiger partial charge in [0.1, 0.15) is 0 Å². The summed E-state index contributed by atoms with van der Waals surface area (Å²) in [5.41, 5.74) is 0. The van der Waals surface area contributed by atoms with E-state index in [1.165, 1.54) is 0 Å². The Balaban J connectivity index is -0.0000000146. The molecule has 0 bridgehead atoms. The summed E-state index contributed by atoms with van der Waals surface area (Å²) in [4.78, 5) is 8.25. The molecule has 9 nitrogen and oxygen atoms in total. The zero-order valence-electron chi connectivity index (χ0n) is 7.13. The second-order valence-corrected chi connectivity index (χ2v) is 1.78. The number of hydrogen-bond acceptors (Lipinski definition) is 8. The first kappa shape index (κ1) is 36.0. The van der Waals surface area contributed by atoms with Gasteiger partial charge in [-0.25, -0.2) is 0 Å². The first-order valence-electron chi connectivity index (χ1n) is 1.16. The SMILES string of the molecule is O=[N+]([O-])[O-].[K+].[K+].[Na+].[OH-].[O]=[Mn](=[O])(=[O])[O-]. The van der Waals surface area contributed by atoms with E-state index in [1.54, 1.807) is 0 Å². The quantitative estimate of drug-likeness (QED) is 0.241. The molecule has 0 heterocycles. The van der Waals surface area contributed by atoms with E-state index in [-0.39, 0.29) is 138 Å². The summed E-state index contributed by atoms with van der Waals surface area (Å²) in [6.07, 6.45) is 0. The molecule has 0 aromatic rings. The number of rotatable bonds is 0. The van der Waals surface area contributed by atoms with Crippen molar-refractivity contribution in [2.75, 3.05) is 0 Å². The van der Waals surface area contributed by atoms with Crippen molar-refractivity contribution in [3.05, 3.63) is 15.3 Å². The molecular formula is HK2MnNNaO8. The average molecular weight is 299 g/mol. The van der Waals surface area contributed by atoms with Crippen molar-refractivity contribution >= 4 is 0 Å². The van der Waals surface area contributed by atoms with Gasteiger partial charge in [-0.2, -0.15) is 0 Å². The first-order valence-corrected chi connectivity index (χ1v) is 3.09. The van der Waals surface area contributed by atoms with E-state index in [2.05, 4.69) is 0 Å². The summed E-state index contributed by atoms with van der Waals surface area (Å²) in [7, 11) is 0. The molecule has 0 saturated carbocycles. The van der Waals surface area contributed by atoms with Crippen LogP contribution in [0, 0.1) is 15.3 Å². The molecule has 0 atom stereocenters. The monoisotopic (exact) mass is 299 g/mol. The van der Waals surface area contributed by atoms with E-state index in [1.807, 2.05) is 0 Å². The third kappa shape index (κ3) is 247. The molecular weight excluding hydrogens is 298 g/mol. The fourth-order valence-corrected chi connectivity index (χ4v) is 0.